The van der Waals surface area contributed by atoms with Crippen LogP contribution in [-0.2, 0) is 24.7 Å². The molecule has 0 fully saturated rings. The van der Waals surface area contributed by atoms with Gasteiger partial charge in [0.25, 0.3) is 5.56 Å². The second kappa shape index (κ2) is 8.30. The number of hydrogen-bond donors (Lipinski definition) is 1. The standard InChI is InChI=1S/C20H19Cl2N3O2S2/c1-10(12-7-6-11(21)8-14(12)22)23-16(26)9-28-20-24-18-17(19(27)25(20)2)13-4-3-5-15(13)29-18/h6-8,10H,3-5,9H2,1-2H3,(H,23,26). The van der Waals surface area contributed by atoms with Crippen LogP contribution in [0.5, 0.6) is 0 Å². The van der Waals surface area contributed by atoms with Crippen LogP contribution in [0, 0.1) is 0 Å². The second-order valence-electron chi connectivity index (χ2n) is 7.04. The predicted octanol–water partition coefficient (Wildman–Crippen LogP) is 4.76. The minimum atomic E-state index is -0.257. The Kier molecular flexibility index (Phi) is 5.93. The van der Waals surface area contributed by atoms with Crippen LogP contribution >= 0.6 is 46.3 Å². The minimum Gasteiger partial charge on any atom is -0.349 e. The maximum atomic E-state index is 12.8. The van der Waals surface area contributed by atoms with Crippen molar-refractivity contribution < 1.29 is 4.79 Å². The van der Waals surface area contributed by atoms with Crippen molar-refractivity contribution in [1.82, 2.24) is 14.9 Å². The van der Waals surface area contributed by atoms with Gasteiger partial charge >= 0.3 is 0 Å². The molecule has 0 radical (unpaired) electrons. The smallest absolute Gasteiger partial charge is 0.262 e. The molecular weight excluding hydrogens is 449 g/mol. The third kappa shape index (κ3) is 4.06. The predicted molar refractivity (Wildman–Crippen MR) is 121 cm³/mol. The first-order valence-corrected chi connectivity index (χ1v) is 11.8. The molecule has 1 atom stereocenters. The molecule has 29 heavy (non-hydrogen) atoms. The highest BCUT2D eigenvalue weighted by atomic mass is 35.5. The summed E-state index contributed by atoms with van der Waals surface area (Å²) >= 11 is 15.0. The van der Waals surface area contributed by atoms with E-state index < -0.39 is 0 Å². The minimum absolute atomic E-state index is 0.0291. The molecule has 1 aromatic carbocycles. The highest BCUT2D eigenvalue weighted by Gasteiger charge is 2.23. The molecule has 0 saturated carbocycles. The van der Waals surface area contributed by atoms with Crippen molar-refractivity contribution in [2.75, 3.05) is 5.75 Å². The van der Waals surface area contributed by atoms with E-state index in [0.717, 1.165) is 35.0 Å². The van der Waals surface area contributed by atoms with Gasteiger partial charge in [-0.2, -0.15) is 0 Å². The molecule has 0 bridgehead atoms. The Hall–Kier alpha value is -1.54. The number of benzene rings is 1. The van der Waals surface area contributed by atoms with Gasteiger partial charge in [0, 0.05) is 22.0 Å². The average molecular weight is 468 g/mol. The van der Waals surface area contributed by atoms with Crippen LogP contribution in [-0.4, -0.2) is 21.2 Å². The summed E-state index contributed by atoms with van der Waals surface area (Å²) < 4.78 is 1.55. The normalized spacial score (nSPS) is 14.2. The molecule has 152 valence electrons. The number of thiophene rings is 1. The lowest BCUT2D eigenvalue weighted by atomic mass is 10.1. The first-order chi connectivity index (χ1) is 13.8. The summed E-state index contributed by atoms with van der Waals surface area (Å²) in [5.74, 6) is 0.00317. The van der Waals surface area contributed by atoms with Crippen molar-refractivity contribution in [3.63, 3.8) is 0 Å². The zero-order valence-electron chi connectivity index (χ0n) is 15.9. The van der Waals surface area contributed by atoms with Crippen LogP contribution in [0.15, 0.2) is 28.2 Å². The number of amides is 1. The van der Waals surface area contributed by atoms with Gasteiger partial charge in [-0.15, -0.1) is 11.3 Å². The number of carbonyl (C=O) groups is 1. The number of aryl methyl sites for hydroxylation is 2. The van der Waals surface area contributed by atoms with Gasteiger partial charge in [-0.1, -0.05) is 41.0 Å². The third-order valence-electron chi connectivity index (χ3n) is 5.04. The van der Waals surface area contributed by atoms with E-state index in [4.69, 9.17) is 23.2 Å². The second-order valence-corrected chi connectivity index (χ2v) is 9.91. The Morgan fingerprint density at radius 2 is 2.17 bits per heavy atom. The molecule has 1 amide bonds. The lowest BCUT2D eigenvalue weighted by Crippen LogP contribution is -2.29. The number of rotatable bonds is 5. The van der Waals surface area contributed by atoms with Gasteiger partial charge in [0.2, 0.25) is 5.91 Å². The summed E-state index contributed by atoms with van der Waals surface area (Å²) in [5, 5.41) is 5.30. The number of hydrogen-bond acceptors (Lipinski definition) is 5. The number of fused-ring (bicyclic) bond motifs is 3. The first kappa shape index (κ1) is 20.7. The molecule has 0 spiro atoms. The number of aromatic nitrogens is 2. The molecule has 1 aliphatic rings. The van der Waals surface area contributed by atoms with Crippen molar-refractivity contribution in [2.45, 2.75) is 37.4 Å². The van der Waals surface area contributed by atoms with Crippen LogP contribution in [0.1, 0.15) is 35.4 Å². The summed E-state index contributed by atoms with van der Waals surface area (Å²) in [4.78, 5) is 32.0. The van der Waals surface area contributed by atoms with Crippen LogP contribution in [0.25, 0.3) is 10.2 Å². The largest absolute Gasteiger partial charge is 0.349 e. The highest BCUT2D eigenvalue weighted by molar-refractivity contribution is 7.99. The zero-order valence-corrected chi connectivity index (χ0v) is 19.1. The lowest BCUT2D eigenvalue weighted by molar-refractivity contribution is -0.119. The van der Waals surface area contributed by atoms with E-state index in [-0.39, 0.29) is 23.3 Å². The summed E-state index contributed by atoms with van der Waals surface area (Å²) in [6.45, 7) is 1.87. The van der Waals surface area contributed by atoms with Gasteiger partial charge in [0.05, 0.1) is 17.2 Å². The molecule has 0 saturated heterocycles. The SMILES string of the molecule is CC(NC(=O)CSc1nc2sc3c(c2c(=O)n1C)CCC3)c1ccc(Cl)cc1Cl. The number of nitrogens with one attached hydrogen (secondary N) is 1. The van der Waals surface area contributed by atoms with E-state index >= 15 is 0 Å². The molecule has 1 N–H and O–H groups in total. The number of halogens is 2. The van der Waals surface area contributed by atoms with Gasteiger partial charge in [0.1, 0.15) is 4.83 Å². The molecular formula is C20H19Cl2N3O2S2. The van der Waals surface area contributed by atoms with Crippen LogP contribution in [0.2, 0.25) is 10.0 Å². The van der Waals surface area contributed by atoms with E-state index in [1.54, 1.807) is 41.2 Å². The highest BCUT2D eigenvalue weighted by Crippen LogP contribution is 2.35. The summed E-state index contributed by atoms with van der Waals surface area (Å²) in [7, 11) is 1.71. The van der Waals surface area contributed by atoms with Gasteiger partial charge in [-0.25, -0.2) is 4.98 Å². The Morgan fingerprint density at radius 3 is 2.93 bits per heavy atom. The van der Waals surface area contributed by atoms with Gasteiger partial charge in [-0.3, -0.25) is 14.2 Å². The molecule has 0 aliphatic heterocycles. The fraction of sp³-hybridized carbons (Fsp3) is 0.350. The molecule has 5 nitrogen and oxygen atoms in total. The molecule has 1 aliphatic carbocycles. The van der Waals surface area contributed by atoms with E-state index in [9.17, 15) is 9.59 Å². The van der Waals surface area contributed by atoms with Gasteiger partial charge in [0.15, 0.2) is 5.16 Å². The molecule has 9 heteroatoms. The average Bonchev–Trinajstić information content (AvgIpc) is 3.24. The fourth-order valence-electron chi connectivity index (χ4n) is 3.58. The molecule has 1 unspecified atom stereocenters. The topological polar surface area (TPSA) is 64.0 Å². The van der Waals surface area contributed by atoms with E-state index in [1.807, 2.05) is 6.92 Å². The van der Waals surface area contributed by atoms with Crippen molar-refractivity contribution in [2.24, 2.45) is 7.05 Å². The van der Waals surface area contributed by atoms with Crippen molar-refractivity contribution in [1.29, 1.82) is 0 Å². The Labute approximate surface area is 186 Å². The molecule has 2 heterocycles. The van der Waals surface area contributed by atoms with E-state index in [2.05, 4.69) is 10.3 Å². The van der Waals surface area contributed by atoms with Crippen LogP contribution < -0.4 is 10.9 Å². The number of thioether (sulfide) groups is 1. The zero-order chi connectivity index (χ0) is 20.7. The maximum Gasteiger partial charge on any atom is 0.262 e. The monoisotopic (exact) mass is 467 g/mol. The fourth-order valence-corrected chi connectivity index (χ4v) is 6.24. The van der Waals surface area contributed by atoms with E-state index in [1.165, 1.54) is 22.2 Å². The lowest BCUT2D eigenvalue weighted by Gasteiger charge is -2.16. The van der Waals surface area contributed by atoms with Crippen LogP contribution in [0.4, 0.5) is 0 Å². The summed E-state index contributed by atoms with van der Waals surface area (Å²) in [6, 6.07) is 4.95. The summed E-state index contributed by atoms with van der Waals surface area (Å²) in [5.41, 5.74) is 1.94. The Morgan fingerprint density at radius 1 is 1.38 bits per heavy atom. The number of nitrogens with zero attached hydrogens (tertiary/aromatic N) is 2. The quantitative estimate of drug-likeness (QED) is 0.433. The Balaban J connectivity index is 1.47. The first-order valence-electron chi connectivity index (χ1n) is 9.23. The van der Waals surface area contributed by atoms with Crippen LogP contribution in [0.3, 0.4) is 0 Å². The van der Waals surface area contributed by atoms with Crippen molar-refractivity contribution >= 4 is 62.4 Å². The third-order valence-corrected chi connectivity index (χ3v) is 7.82. The molecule has 2 aromatic heterocycles. The number of carbonyl (C=O) groups excluding carboxylic acids is 1. The van der Waals surface area contributed by atoms with E-state index in [0.29, 0.717) is 15.2 Å². The van der Waals surface area contributed by atoms with Gasteiger partial charge in [-0.05, 0) is 49.4 Å². The van der Waals surface area contributed by atoms with Crippen molar-refractivity contribution in [3.05, 3.63) is 54.6 Å². The Bertz CT molecular complexity index is 1170. The summed E-state index contributed by atoms with van der Waals surface area (Å²) in [6.07, 6.45) is 3.08. The maximum absolute atomic E-state index is 12.8. The van der Waals surface area contributed by atoms with Crippen molar-refractivity contribution in [3.8, 4) is 0 Å². The molecule has 4 rings (SSSR count). The molecule has 3 aromatic rings. The van der Waals surface area contributed by atoms with Gasteiger partial charge < -0.3 is 5.32 Å².